The van der Waals surface area contributed by atoms with Crippen LogP contribution in [-0.2, 0) is 0 Å². The standard InChI is InChI=1S/C27H25ClN4OS/c1-17-16-21(18(2)31(17)20-13-11-19(28)12-14-20)26-25(22-8-6-7-15-29-22)30-27(34)32(26)23-9-4-5-10-24(23)33-3/h4-16,25-26H,1-3H3,(H,30,34)/t25-,26-/m1/s1. The van der Waals surface area contributed by atoms with E-state index < -0.39 is 0 Å². The van der Waals surface area contributed by atoms with Crippen LogP contribution in [0.3, 0.4) is 0 Å². The Morgan fingerprint density at radius 2 is 1.74 bits per heavy atom. The zero-order valence-corrected chi connectivity index (χ0v) is 20.8. The fourth-order valence-corrected chi connectivity index (χ4v) is 5.30. The van der Waals surface area contributed by atoms with Gasteiger partial charge in [-0.1, -0.05) is 29.8 Å². The van der Waals surface area contributed by atoms with E-state index in [-0.39, 0.29) is 12.1 Å². The third kappa shape index (κ3) is 3.83. The van der Waals surface area contributed by atoms with Gasteiger partial charge in [-0.2, -0.15) is 0 Å². The molecule has 172 valence electrons. The van der Waals surface area contributed by atoms with Crippen LogP contribution in [0, 0.1) is 13.8 Å². The van der Waals surface area contributed by atoms with E-state index in [1.807, 2.05) is 72.9 Å². The number of ether oxygens (including phenoxy) is 1. The monoisotopic (exact) mass is 488 g/mol. The van der Waals surface area contributed by atoms with Crippen LogP contribution in [-0.4, -0.2) is 21.8 Å². The molecule has 2 atom stereocenters. The minimum atomic E-state index is -0.127. The number of rotatable bonds is 5. The van der Waals surface area contributed by atoms with Gasteiger partial charge in [0.1, 0.15) is 5.75 Å². The highest BCUT2D eigenvalue weighted by atomic mass is 35.5. The Balaban J connectivity index is 1.70. The van der Waals surface area contributed by atoms with Crippen molar-refractivity contribution in [2.45, 2.75) is 25.9 Å². The average Bonchev–Trinajstić information content (AvgIpc) is 3.35. The molecule has 1 fully saturated rings. The summed E-state index contributed by atoms with van der Waals surface area (Å²) >= 11 is 12.0. The fourth-order valence-electron chi connectivity index (χ4n) is 4.83. The van der Waals surface area contributed by atoms with Gasteiger partial charge in [0.05, 0.1) is 30.6 Å². The Hall–Kier alpha value is -3.35. The number of hydrogen-bond donors (Lipinski definition) is 1. The molecule has 0 radical (unpaired) electrons. The number of nitrogens with zero attached hydrogens (tertiary/aromatic N) is 3. The summed E-state index contributed by atoms with van der Waals surface area (Å²) in [6.45, 7) is 4.27. The minimum absolute atomic E-state index is 0.119. The van der Waals surface area contributed by atoms with Crippen molar-refractivity contribution in [3.63, 3.8) is 0 Å². The molecule has 0 bridgehead atoms. The molecule has 4 aromatic rings. The highest BCUT2D eigenvalue weighted by Gasteiger charge is 2.43. The molecule has 0 aliphatic carbocycles. The number of para-hydroxylation sites is 2. The van der Waals surface area contributed by atoms with E-state index in [1.54, 1.807) is 7.11 Å². The Bertz CT molecular complexity index is 1340. The third-order valence-corrected chi connectivity index (χ3v) is 6.88. The summed E-state index contributed by atoms with van der Waals surface area (Å²) in [5.74, 6) is 0.768. The quantitative estimate of drug-likeness (QED) is 0.332. The first-order chi connectivity index (χ1) is 16.5. The van der Waals surface area contributed by atoms with Crippen LogP contribution in [0.2, 0.25) is 5.02 Å². The molecule has 2 aromatic heterocycles. The van der Waals surface area contributed by atoms with E-state index in [1.165, 1.54) is 5.56 Å². The lowest BCUT2D eigenvalue weighted by molar-refractivity contribution is 0.414. The molecule has 0 unspecified atom stereocenters. The van der Waals surface area contributed by atoms with Gasteiger partial charge in [-0.25, -0.2) is 0 Å². The molecular formula is C27H25ClN4OS. The van der Waals surface area contributed by atoms with Crippen molar-refractivity contribution in [2.24, 2.45) is 0 Å². The van der Waals surface area contributed by atoms with Gasteiger partial charge < -0.3 is 19.5 Å². The van der Waals surface area contributed by atoms with E-state index in [4.69, 9.17) is 28.6 Å². The van der Waals surface area contributed by atoms with Crippen molar-refractivity contribution < 1.29 is 4.74 Å². The topological polar surface area (TPSA) is 42.3 Å². The Kier molecular flexibility index (Phi) is 6.02. The van der Waals surface area contributed by atoms with Crippen LogP contribution in [0.5, 0.6) is 5.75 Å². The fraction of sp³-hybridized carbons (Fsp3) is 0.185. The van der Waals surface area contributed by atoms with Crippen LogP contribution >= 0.6 is 23.8 Å². The third-order valence-electron chi connectivity index (χ3n) is 6.32. The number of aromatic nitrogens is 2. The smallest absolute Gasteiger partial charge is 0.174 e. The number of aryl methyl sites for hydroxylation is 1. The van der Waals surface area contributed by atoms with Gasteiger partial charge >= 0.3 is 0 Å². The van der Waals surface area contributed by atoms with Gasteiger partial charge in [-0.15, -0.1) is 0 Å². The van der Waals surface area contributed by atoms with E-state index in [2.05, 4.69) is 39.7 Å². The highest BCUT2D eigenvalue weighted by Crippen LogP contribution is 2.46. The van der Waals surface area contributed by atoms with Crippen LogP contribution in [0.1, 0.15) is 34.7 Å². The van der Waals surface area contributed by atoms with Crippen molar-refractivity contribution in [3.8, 4) is 11.4 Å². The average molecular weight is 489 g/mol. The number of nitrogens with one attached hydrogen (secondary N) is 1. The molecule has 1 N–H and O–H groups in total. The molecule has 5 nitrogen and oxygen atoms in total. The van der Waals surface area contributed by atoms with Crippen LogP contribution < -0.4 is 15.0 Å². The van der Waals surface area contributed by atoms with Crippen molar-refractivity contribution in [2.75, 3.05) is 12.0 Å². The minimum Gasteiger partial charge on any atom is -0.495 e. The number of anilines is 1. The molecular weight excluding hydrogens is 464 g/mol. The number of hydrogen-bond acceptors (Lipinski definition) is 3. The maximum Gasteiger partial charge on any atom is 0.174 e. The lowest BCUT2D eigenvalue weighted by Crippen LogP contribution is -2.30. The van der Waals surface area contributed by atoms with E-state index >= 15 is 0 Å². The number of methoxy groups -OCH3 is 1. The van der Waals surface area contributed by atoms with Crippen molar-refractivity contribution in [1.82, 2.24) is 14.9 Å². The summed E-state index contributed by atoms with van der Waals surface area (Å²) in [4.78, 5) is 6.82. The number of pyridine rings is 1. The molecule has 1 saturated heterocycles. The SMILES string of the molecule is COc1ccccc1N1C(=S)N[C@H](c2ccccn2)[C@H]1c1cc(C)n(-c2ccc(Cl)cc2)c1C. The summed E-state index contributed by atoms with van der Waals surface area (Å²) in [6.07, 6.45) is 1.82. The van der Waals surface area contributed by atoms with Gasteiger partial charge in [-0.3, -0.25) is 4.98 Å². The molecule has 1 aliphatic heterocycles. The van der Waals surface area contributed by atoms with Gasteiger partial charge in [-0.05, 0) is 86.2 Å². The zero-order chi connectivity index (χ0) is 23.8. The molecule has 5 rings (SSSR count). The molecule has 7 heteroatoms. The predicted molar refractivity (Wildman–Crippen MR) is 141 cm³/mol. The van der Waals surface area contributed by atoms with E-state index in [9.17, 15) is 0 Å². The normalized spacial score (nSPS) is 17.6. The van der Waals surface area contributed by atoms with Crippen molar-refractivity contribution >= 4 is 34.6 Å². The maximum absolute atomic E-state index is 6.15. The predicted octanol–water partition coefficient (Wildman–Crippen LogP) is 6.33. The summed E-state index contributed by atoms with van der Waals surface area (Å²) in [7, 11) is 1.68. The second-order valence-corrected chi connectivity index (χ2v) is 9.13. The summed E-state index contributed by atoms with van der Waals surface area (Å²) in [5, 5.41) is 4.89. The van der Waals surface area contributed by atoms with Crippen molar-refractivity contribution in [3.05, 3.63) is 107 Å². The van der Waals surface area contributed by atoms with Crippen LogP contribution in [0.15, 0.2) is 79.0 Å². The summed E-state index contributed by atoms with van der Waals surface area (Å²) in [5.41, 5.74) is 6.36. The van der Waals surface area contributed by atoms with Gasteiger partial charge in [0.25, 0.3) is 0 Å². The lowest BCUT2D eigenvalue weighted by atomic mass is 9.96. The lowest BCUT2D eigenvalue weighted by Gasteiger charge is -2.29. The Morgan fingerprint density at radius 3 is 2.44 bits per heavy atom. The molecule has 0 spiro atoms. The van der Waals surface area contributed by atoms with Gasteiger partial charge in [0.2, 0.25) is 0 Å². The summed E-state index contributed by atoms with van der Waals surface area (Å²) < 4.78 is 7.96. The zero-order valence-electron chi connectivity index (χ0n) is 19.2. The van der Waals surface area contributed by atoms with Gasteiger partial charge in [0.15, 0.2) is 5.11 Å². The first kappa shape index (κ1) is 22.4. The number of thiocarbonyl (C=S) groups is 1. The van der Waals surface area contributed by atoms with E-state index in [0.717, 1.165) is 34.2 Å². The molecule has 34 heavy (non-hydrogen) atoms. The highest BCUT2D eigenvalue weighted by molar-refractivity contribution is 7.80. The second-order valence-electron chi connectivity index (χ2n) is 8.31. The molecule has 0 amide bonds. The maximum atomic E-state index is 6.15. The van der Waals surface area contributed by atoms with Crippen molar-refractivity contribution in [1.29, 1.82) is 0 Å². The Labute approximate surface area is 210 Å². The van der Waals surface area contributed by atoms with E-state index in [0.29, 0.717) is 10.1 Å². The molecule has 3 heterocycles. The second kappa shape index (κ2) is 9.12. The first-order valence-electron chi connectivity index (χ1n) is 11.1. The first-order valence-corrected chi connectivity index (χ1v) is 11.9. The molecule has 1 aliphatic rings. The van der Waals surface area contributed by atoms with Crippen LogP contribution in [0.4, 0.5) is 5.69 Å². The van der Waals surface area contributed by atoms with Crippen LogP contribution in [0.25, 0.3) is 5.69 Å². The number of benzene rings is 2. The largest absolute Gasteiger partial charge is 0.495 e. The summed E-state index contributed by atoms with van der Waals surface area (Å²) in [6, 6.07) is 23.8. The Morgan fingerprint density at radius 1 is 1.00 bits per heavy atom. The number of halogens is 1. The molecule has 2 aromatic carbocycles. The molecule has 0 saturated carbocycles. The van der Waals surface area contributed by atoms with Gasteiger partial charge in [0, 0.05) is 28.3 Å².